The molecule has 0 atom stereocenters. The van der Waals surface area contributed by atoms with Gasteiger partial charge in [0.1, 0.15) is 12.4 Å². The van der Waals surface area contributed by atoms with Crippen molar-refractivity contribution in [3.8, 4) is 16.9 Å². The van der Waals surface area contributed by atoms with Gasteiger partial charge in [0.05, 0.1) is 0 Å². The van der Waals surface area contributed by atoms with Gasteiger partial charge in [-0.05, 0) is 48.7 Å². The summed E-state index contributed by atoms with van der Waals surface area (Å²) in [5, 5.41) is 7.18. The smallest absolute Gasteiger partial charge is 0.249 e. The SMILES string of the molecule is O=C(Nc1nc2c(-c3ccc(OCc4cccnc4)cc3)cccn2n1)C1CC1. The van der Waals surface area contributed by atoms with Gasteiger partial charge in [-0.3, -0.25) is 15.1 Å². The fourth-order valence-electron chi connectivity index (χ4n) is 3.12. The highest BCUT2D eigenvalue weighted by atomic mass is 16.5. The largest absolute Gasteiger partial charge is 0.489 e. The van der Waals surface area contributed by atoms with Crippen LogP contribution >= 0.6 is 0 Å². The number of anilines is 1. The molecule has 0 bridgehead atoms. The molecule has 3 heterocycles. The minimum Gasteiger partial charge on any atom is -0.489 e. The van der Waals surface area contributed by atoms with E-state index in [2.05, 4.69) is 20.4 Å². The number of rotatable bonds is 6. The molecule has 0 aliphatic heterocycles. The second kappa shape index (κ2) is 7.35. The van der Waals surface area contributed by atoms with Gasteiger partial charge < -0.3 is 4.74 Å². The fourth-order valence-corrected chi connectivity index (χ4v) is 3.12. The summed E-state index contributed by atoms with van der Waals surface area (Å²) in [7, 11) is 0. The van der Waals surface area contributed by atoms with Crippen LogP contribution in [0.3, 0.4) is 0 Å². The van der Waals surface area contributed by atoms with Gasteiger partial charge in [-0.25, -0.2) is 4.52 Å². The number of hydrogen-bond acceptors (Lipinski definition) is 5. The van der Waals surface area contributed by atoms with E-state index in [9.17, 15) is 4.79 Å². The van der Waals surface area contributed by atoms with Crippen LogP contribution in [0.4, 0.5) is 5.95 Å². The molecule has 1 saturated carbocycles. The number of fused-ring (bicyclic) bond motifs is 1. The number of ether oxygens (including phenoxy) is 1. The number of hydrogen-bond donors (Lipinski definition) is 1. The van der Waals surface area contributed by atoms with E-state index in [0.717, 1.165) is 35.3 Å². The Kier molecular flexibility index (Phi) is 4.40. The van der Waals surface area contributed by atoms with Gasteiger partial charge in [0, 0.05) is 35.6 Å². The third-order valence-electron chi connectivity index (χ3n) is 4.84. The molecule has 0 spiro atoms. The van der Waals surface area contributed by atoms with Crippen LogP contribution in [0.5, 0.6) is 5.75 Å². The van der Waals surface area contributed by atoms with Crippen molar-refractivity contribution in [2.24, 2.45) is 5.92 Å². The molecule has 29 heavy (non-hydrogen) atoms. The molecule has 1 aliphatic carbocycles. The van der Waals surface area contributed by atoms with Crippen molar-refractivity contribution in [2.75, 3.05) is 5.32 Å². The van der Waals surface area contributed by atoms with E-state index in [-0.39, 0.29) is 11.8 Å². The zero-order chi connectivity index (χ0) is 19.6. The first-order chi connectivity index (χ1) is 14.3. The fraction of sp³-hybridized carbons (Fsp3) is 0.182. The Morgan fingerprint density at radius 3 is 2.76 bits per heavy atom. The van der Waals surface area contributed by atoms with Gasteiger partial charge in [0.15, 0.2) is 5.65 Å². The third-order valence-corrected chi connectivity index (χ3v) is 4.84. The van der Waals surface area contributed by atoms with Crippen molar-refractivity contribution in [3.63, 3.8) is 0 Å². The summed E-state index contributed by atoms with van der Waals surface area (Å²) in [6.45, 7) is 0.469. The lowest BCUT2D eigenvalue weighted by Crippen LogP contribution is -2.14. The molecule has 144 valence electrons. The number of carbonyl (C=O) groups excluding carboxylic acids is 1. The van der Waals surface area contributed by atoms with Gasteiger partial charge in [-0.15, -0.1) is 5.10 Å². The van der Waals surface area contributed by atoms with E-state index in [1.807, 2.05) is 54.7 Å². The molecule has 0 saturated heterocycles. The van der Waals surface area contributed by atoms with Crippen LogP contribution in [0.2, 0.25) is 0 Å². The van der Waals surface area contributed by atoms with Crippen molar-refractivity contribution in [2.45, 2.75) is 19.4 Å². The number of nitrogens with one attached hydrogen (secondary N) is 1. The molecular formula is C22H19N5O2. The summed E-state index contributed by atoms with van der Waals surface area (Å²) in [4.78, 5) is 20.6. The quantitative estimate of drug-likeness (QED) is 0.547. The minimum atomic E-state index is -0.00225. The number of amides is 1. The lowest BCUT2D eigenvalue weighted by Gasteiger charge is -2.08. The Bertz CT molecular complexity index is 1150. The topological polar surface area (TPSA) is 81.4 Å². The van der Waals surface area contributed by atoms with E-state index in [1.165, 1.54) is 0 Å². The van der Waals surface area contributed by atoms with Crippen LogP contribution in [0.15, 0.2) is 67.1 Å². The summed E-state index contributed by atoms with van der Waals surface area (Å²) >= 11 is 0. The van der Waals surface area contributed by atoms with Crippen LogP contribution in [0, 0.1) is 5.92 Å². The summed E-state index contributed by atoms with van der Waals surface area (Å²) in [6, 6.07) is 15.6. The summed E-state index contributed by atoms with van der Waals surface area (Å²) in [5.74, 6) is 1.23. The Morgan fingerprint density at radius 1 is 1.14 bits per heavy atom. The zero-order valence-electron chi connectivity index (χ0n) is 15.7. The van der Waals surface area contributed by atoms with E-state index in [0.29, 0.717) is 18.2 Å². The monoisotopic (exact) mass is 385 g/mol. The van der Waals surface area contributed by atoms with E-state index in [1.54, 1.807) is 16.9 Å². The van der Waals surface area contributed by atoms with Gasteiger partial charge >= 0.3 is 0 Å². The van der Waals surface area contributed by atoms with Crippen LogP contribution in [-0.2, 0) is 11.4 Å². The molecule has 4 aromatic rings. The molecule has 1 N–H and O–H groups in total. The van der Waals surface area contributed by atoms with Gasteiger partial charge in [0.25, 0.3) is 0 Å². The molecule has 0 radical (unpaired) electrons. The average Bonchev–Trinajstić information content (AvgIpc) is 3.53. The highest BCUT2D eigenvalue weighted by Crippen LogP contribution is 2.30. The van der Waals surface area contributed by atoms with Crippen LogP contribution in [0.1, 0.15) is 18.4 Å². The molecule has 1 aliphatic rings. The number of nitrogens with zero attached hydrogens (tertiary/aromatic N) is 4. The van der Waals surface area contributed by atoms with Crippen LogP contribution < -0.4 is 10.1 Å². The lowest BCUT2D eigenvalue weighted by molar-refractivity contribution is -0.117. The molecule has 3 aromatic heterocycles. The van der Waals surface area contributed by atoms with E-state index in [4.69, 9.17) is 4.74 Å². The molecule has 0 unspecified atom stereocenters. The highest BCUT2D eigenvalue weighted by molar-refractivity contribution is 5.93. The van der Waals surface area contributed by atoms with Crippen molar-refractivity contribution >= 4 is 17.5 Å². The number of aromatic nitrogens is 4. The third kappa shape index (κ3) is 3.80. The molecule has 1 aromatic carbocycles. The number of pyridine rings is 2. The Balaban J connectivity index is 1.35. The summed E-state index contributed by atoms with van der Waals surface area (Å²) < 4.78 is 7.51. The number of benzene rings is 1. The lowest BCUT2D eigenvalue weighted by atomic mass is 10.1. The van der Waals surface area contributed by atoms with Crippen molar-refractivity contribution < 1.29 is 9.53 Å². The normalized spacial score (nSPS) is 13.4. The van der Waals surface area contributed by atoms with Crippen LogP contribution in [-0.4, -0.2) is 25.5 Å². The van der Waals surface area contributed by atoms with E-state index >= 15 is 0 Å². The van der Waals surface area contributed by atoms with Crippen molar-refractivity contribution in [1.29, 1.82) is 0 Å². The molecular weight excluding hydrogens is 366 g/mol. The van der Waals surface area contributed by atoms with Crippen LogP contribution in [0.25, 0.3) is 16.8 Å². The standard InChI is InChI=1S/C22H19N5O2/c28-21(17-5-6-17)25-22-24-20-19(4-2-12-27(20)26-22)16-7-9-18(10-8-16)29-14-15-3-1-11-23-13-15/h1-4,7-13,17H,5-6,14H2,(H,25,26,28). The average molecular weight is 385 g/mol. The predicted molar refractivity (Wildman–Crippen MR) is 108 cm³/mol. The first-order valence-electron chi connectivity index (χ1n) is 9.55. The maximum Gasteiger partial charge on any atom is 0.249 e. The Hall–Kier alpha value is -3.74. The Morgan fingerprint density at radius 2 is 2.00 bits per heavy atom. The van der Waals surface area contributed by atoms with Crippen molar-refractivity contribution in [1.82, 2.24) is 19.6 Å². The zero-order valence-corrected chi connectivity index (χ0v) is 15.7. The Labute approximate surface area is 167 Å². The maximum atomic E-state index is 12.0. The molecule has 1 fully saturated rings. The molecule has 1 amide bonds. The molecule has 7 heteroatoms. The predicted octanol–water partition coefficient (Wildman–Crippen LogP) is 3.72. The summed E-state index contributed by atoms with van der Waals surface area (Å²) in [5.41, 5.74) is 3.65. The van der Waals surface area contributed by atoms with Gasteiger partial charge in [-0.2, -0.15) is 4.98 Å². The van der Waals surface area contributed by atoms with E-state index < -0.39 is 0 Å². The summed E-state index contributed by atoms with van der Waals surface area (Å²) in [6.07, 6.45) is 7.25. The molecule has 5 rings (SSSR count). The first-order valence-corrected chi connectivity index (χ1v) is 9.55. The minimum absolute atomic E-state index is 0.00225. The van der Waals surface area contributed by atoms with Crippen molar-refractivity contribution in [3.05, 3.63) is 72.7 Å². The van der Waals surface area contributed by atoms with Gasteiger partial charge in [0.2, 0.25) is 11.9 Å². The number of carbonyl (C=O) groups is 1. The maximum absolute atomic E-state index is 12.0. The highest BCUT2D eigenvalue weighted by Gasteiger charge is 2.30. The second-order valence-electron chi connectivity index (χ2n) is 7.06. The van der Waals surface area contributed by atoms with Gasteiger partial charge in [-0.1, -0.05) is 18.2 Å². The second-order valence-corrected chi connectivity index (χ2v) is 7.06. The molecule has 7 nitrogen and oxygen atoms in total. The first kappa shape index (κ1) is 17.4.